The molecular weight excluding hydrogens is 835 g/mol. The van der Waals surface area contributed by atoms with Crippen LogP contribution in [0.4, 0.5) is 26.3 Å². The van der Waals surface area contributed by atoms with Crippen LogP contribution in [-0.4, -0.2) is 0 Å². The maximum absolute atomic E-state index is 13.6. The van der Waals surface area contributed by atoms with Gasteiger partial charge in [-0.2, -0.15) is 0 Å². The monoisotopic (exact) mass is 909 g/mol. The summed E-state index contributed by atoms with van der Waals surface area (Å²) < 4.78 is 80.4. The number of hydrogen-bond donors (Lipinski definition) is 0. The Morgan fingerprint density at radius 2 is 0.803 bits per heavy atom. The minimum Gasteiger partial charge on any atom is -0.207 e. The number of benzene rings is 5. The van der Waals surface area contributed by atoms with Crippen LogP contribution in [0.15, 0.2) is 54.6 Å². The van der Waals surface area contributed by atoms with Gasteiger partial charge in [-0.15, -0.1) is 0 Å². The second kappa shape index (κ2) is 22.7. The molecule has 0 saturated heterocycles. The maximum atomic E-state index is 13.6. The first-order valence-electron chi connectivity index (χ1n) is 24.8. The molecule has 0 saturated carbocycles. The summed E-state index contributed by atoms with van der Waals surface area (Å²) >= 11 is 0. The number of rotatable bonds is 0. The van der Waals surface area contributed by atoms with Gasteiger partial charge >= 0.3 is 0 Å². The maximum Gasteiger partial charge on any atom is 0.162 e. The smallest absolute Gasteiger partial charge is 0.162 e. The van der Waals surface area contributed by atoms with E-state index in [0.29, 0.717) is 35.3 Å². The van der Waals surface area contributed by atoms with Gasteiger partial charge in [0, 0.05) is 5.56 Å². The van der Waals surface area contributed by atoms with Crippen molar-refractivity contribution >= 4 is 0 Å². The third-order valence-electron chi connectivity index (χ3n) is 14.8. The van der Waals surface area contributed by atoms with E-state index in [1.54, 1.807) is 36.2 Å². The van der Waals surface area contributed by atoms with Crippen LogP contribution in [0.1, 0.15) is 150 Å². The van der Waals surface area contributed by atoms with Crippen LogP contribution in [0.3, 0.4) is 0 Å². The SMILES string of the molecule is Cc1c(F)cc2c(c1F)CCC(C)C2.Cc1cc(F)c2c(c1)CCC(C)C2.Cc1cc2c(c(F)c1F)CC(C)CC2.Cc1cc2c(cc1F)CC(C)CC2.Cc1ccc2c(c1)CCC(C)C2. The van der Waals surface area contributed by atoms with Crippen molar-refractivity contribution in [3.8, 4) is 0 Å². The van der Waals surface area contributed by atoms with Gasteiger partial charge in [-0.25, -0.2) is 26.3 Å². The molecule has 6 heteroatoms. The van der Waals surface area contributed by atoms with Gasteiger partial charge in [0.25, 0.3) is 0 Å². The number of aryl methyl sites for hydroxylation is 8. The molecule has 0 aliphatic heterocycles. The summed E-state index contributed by atoms with van der Waals surface area (Å²) in [4.78, 5) is 0. The number of fused-ring (bicyclic) bond motifs is 5. The Labute approximate surface area is 393 Å². The highest BCUT2D eigenvalue weighted by Crippen LogP contribution is 2.33. The number of hydrogen-bond acceptors (Lipinski definition) is 0. The second-order valence-corrected chi connectivity index (χ2v) is 21.2. The van der Waals surface area contributed by atoms with E-state index in [1.165, 1.54) is 67.3 Å². The first kappa shape index (κ1) is 51.1. The lowest BCUT2D eigenvalue weighted by Gasteiger charge is -2.22. The first-order chi connectivity index (χ1) is 31.3. The molecule has 0 heterocycles. The van der Waals surface area contributed by atoms with Crippen LogP contribution in [0.25, 0.3) is 0 Å². The predicted octanol–water partition coefficient (Wildman–Crippen LogP) is 16.4. The van der Waals surface area contributed by atoms with Crippen molar-refractivity contribution in [2.45, 2.75) is 166 Å². The van der Waals surface area contributed by atoms with Crippen molar-refractivity contribution in [1.29, 1.82) is 0 Å². The standard InChI is InChI=1S/2C12H14F2.2C12H15F.C12H16/c1-7-3-4-10-9(5-7)6-11(13)8(2)12(10)14;1-7-3-4-9-6-8(2)11(13)12(14)10(9)5-7;1-8-3-4-10-5-9(2)7-12(13)11(10)6-8;1-8-3-4-10-6-9(2)12(13)7-11(10)5-8;1-9-3-5-12-8-10(2)4-6-11(12)7-9/h2*6-7H,3-5H2,1-2H3;5,7-8H,3-4,6H2,1-2H3;6-8H,3-5H2,1-2H3;3,5,7,10H,4,6,8H2,1-2H3. The largest absolute Gasteiger partial charge is 0.207 e. The molecule has 0 aromatic heterocycles. The molecule has 5 aromatic rings. The fraction of sp³-hybridized carbons (Fsp3) is 0.500. The lowest BCUT2D eigenvalue weighted by molar-refractivity contribution is 0.446. The Kier molecular flexibility index (Phi) is 17.5. The van der Waals surface area contributed by atoms with Crippen LogP contribution >= 0.6 is 0 Å². The lowest BCUT2D eigenvalue weighted by Crippen LogP contribution is -2.14. The molecule has 356 valence electrons. The van der Waals surface area contributed by atoms with E-state index in [-0.39, 0.29) is 23.0 Å². The molecule has 5 atom stereocenters. The zero-order valence-corrected chi connectivity index (χ0v) is 41.5. The van der Waals surface area contributed by atoms with Gasteiger partial charge in [0.05, 0.1) is 0 Å². The van der Waals surface area contributed by atoms with E-state index < -0.39 is 17.5 Å². The van der Waals surface area contributed by atoms with Gasteiger partial charge < -0.3 is 0 Å². The summed E-state index contributed by atoms with van der Waals surface area (Å²) in [5.74, 6) is 1.20. The van der Waals surface area contributed by atoms with E-state index in [9.17, 15) is 26.3 Å². The third kappa shape index (κ3) is 13.0. The van der Waals surface area contributed by atoms with E-state index >= 15 is 0 Å². The molecule has 5 aliphatic rings. The summed E-state index contributed by atoms with van der Waals surface area (Å²) in [5, 5.41) is 0. The summed E-state index contributed by atoms with van der Waals surface area (Å²) in [6, 6.07) is 17.7. The fourth-order valence-electron chi connectivity index (χ4n) is 10.6. The predicted molar refractivity (Wildman–Crippen MR) is 262 cm³/mol. The van der Waals surface area contributed by atoms with Crippen LogP contribution in [0.2, 0.25) is 0 Å². The molecule has 5 unspecified atom stereocenters. The van der Waals surface area contributed by atoms with Crippen LogP contribution in [-0.2, 0) is 64.2 Å². The van der Waals surface area contributed by atoms with Crippen molar-refractivity contribution in [2.75, 3.05) is 0 Å². The first-order valence-corrected chi connectivity index (χ1v) is 24.8. The summed E-state index contributed by atoms with van der Waals surface area (Å²) in [5.41, 5.74) is 15.0. The molecular formula is C60H74F6. The zero-order valence-electron chi connectivity index (χ0n) is 41.5. The Morgan fingerprint density at radius 3 is 1.44 bits per heavy atom. The molecule has 0 fully saturated rings. The zero-order chi connectivity index (χ0) is 48.0. The fourth-order valence-corrected chi connectivity index (χ4v) is 10.6. The Hall–Kier alpha value is -4.32. The highest BCUT2D eigenvalue weighted by Gasteiger charge is 2.24. The van der Waals surface area contributed by atoms with E-state index in [4.69, 9.17) is 0 Å². The summed E-state index contributed by atoms with van der Waals surface area (Å²) in [6.45, 7) is 20.1. The van der Waals surface area contributed by atoms with Crippen molar-refractivity contribution in [1.82, 2.24) is 0 Å². The van der Waals surface area contributed by atoms with Gasteiger partial charge in [-0.05, 0) is 251 Å². The molecule has 0 N–H and O–H groups in total. The van der Waals surface area contributed by atoms with Crippen molar-refractivity contribution < 1.29 is 26.3 Å². The van der Waals surface area contributed by atoms with Crippen molar-refractivity contribution in [3.05, 3.63) is 173 Å². The van der Waals surface area contributed by atoms with Gasteiger partial charge in [0.1, 0.15) is 23.3 Å². The van der Waals surface area contributed by atoms with Gasteiger partial charge in [-0.1, -0.05) is 76.6 Å². The molecule has 0 radical (unpaired) electrons. The summed E-state index contributed by atoms with van der Waals surface area (Å²) in [7, 11) is 0. The average molecular weight is 909 g/mol. The molecule has 10 rings (SSSR count). The molecule has 0 amide bonds. The van der Waals surface area contributed by atoms with Gasteiger partial charge in [0.15, 0.2) is 11.6 Å². The molecule has 0 bridgehead atoms. The van der Waals surface area contributed by atoms with E-state index in [0.717, 1.165) is 103 Å². The molecule has 5 aromatic carbocycles. The third-order valence-corrected chi connectivity index (χ3v) is 14.8. The minimum absolute atomic E-state index is 0.00144. The highest BCUT2D eigenvalue weighted by atomic mass is 19.2. The Morgan fingerprint density at radius 1 is 0.333 bits per heavy atom. The molecule has 0 spiro atoms. The lowest BCUT2D eigenvalue weighted by atomic mass is 9.84. The Balaban J connectivity index is 0.000000137. The van der Waals surface area contributed by atoms with Crippen molar-refractivity contribution in [2.24, 2.45) is 29.6 Å². The van der Waals surface area contributed by atoms with Gasteiger partial charge in [0.2, 0.25) is 0 Å². The van der Waals surface area contributed by atoms with Crippen molar-refractivity contribution in [3.63, 3.8) is 0 Å². The number of halogens is 6. The van der Waals surface area contributed by atoms with Crippen LogP contribution < -0.4 is 0 Å². The van der Waals surface area contributed by atoms with Crippen LogP contribution in [0.5, 0.6) is 0 Å². The molecule has 66 heavy (non-hydrogen) atoms. The quantitative estimate of drug-likeness (QED) is 0.136. The van der Waals surface area contributed by atoms with Gasteiger partial charge in [-0.3, -0.25) is 0 Å². The molecule has 5 aliphatic carbocycles. The van der Waals surface area contributed by atoms with Crippen LogP contribution in [0, 0.1) is 99.1 Å². The highest BCUT2D eigenvalue weighted by molar-refractivity contribution is 5.39. The topological polar surface area (TPSA) is 0 Å². The normalized spacial score (nSPS) is 21.2. The van der Waals surface area contributed by atoms with E-state index in [2.05, 4.69) is 65.8 Å². The average Bonchev–Trinajstić information content (AvgIpc) is 3.27. The molecule has 0 nitrogen and oxygen atoms in total. The van der Waals surface area contributed by atoms with E-state index in [1.807, 2.05) is 19.9 Å². The second-order valence-electron chi connectivity index (χ2n) is 21.2. The minimum atomic E-state index is -0.669. The summed E-state index contributed by atoms with van der Waals surface area (Å²) in [6.07, 6.45) is 15.8. The Bertz CT molecular complexity index is 2480.